The molecule has 0 saturated heterocycles. The van der Waals surface area contributed by atoms with Crippen LogP contribution in [-0.2, 0) is 10.3 Å². The lowest BCUT2D eigenvalue weighted by atomic mass is 9.79. The first-order chi connectivity index (χ1) is 19.5. The molecule has 4 aromatic rings. The van der Waals surface area contributed by atoms with E-state index in [0.717, 1.165) is 22.4 Å². The third-order valence-electron chi connectivity index (χ3n) is 7.39. The number of hydrogen-bond donors (Lipinski definition) is 0. The van der Waals surface area contributed by atoms with Gasteiger partial charge in [0.1, 0.15) is 11.4 Å². The summed E-state index contributed by atoms with van der Waals surface area (Å²) in [5.74, 6) is 0.193. The zero-order valence-corrected chi connectivity index (χ0v) is 25.2. The molecule has 0 N–H and O–H groups in total. The standard InChI is InChI=1S/C33H29Br2NO4/c1-39-27-18-16-26(17-19-27)33(24-10-4-2-5-11-24,25-12-6-3-7-13-25)40-23-32(20-34,21-35)22-36-30(37)28-14-8-9-15-29(28)31(36)38/h2-19H,20-23H2,1H3. The van der Waals surface area contributed by atoms with Gasteiger partial charge < -0.3 is 9.47 Å². The highest BCUT2D eigenvalue weighted by Gasteiger charge is 2.44. The first-order valence-electron chi connectivity index (χ1n) is 12.9. The van der Waals surface area contributed by atoms with E-state index in [-0.39, 0.29) is 25.0 Å². The number of amides is 2. The van der Waals surface area contributed by atoms with Crippen LogP contribution in [0.1, 0.15) is 37.4 Å². The maximum absolute atomic E-state index is 13.3. The van der Waals surface area contributed by atoms with Crippen molar-refractivity contribution >= 4 is 43.7 Å². The molecule has 0 aliphatic carbocycles. The Labute approximate surface area is 251 Å². The van der Waals surface area contributed by atoms with E-state index < -0.39 is 11.0 Å². The Morgan fingerprint density at radius 2 is 1.10 bits per heavy atom. The number of imide groups is 1. The van der Waals surface area contributed by atoms with Gasteiger partial charge in [0.2, 0.25) is 0 Å². The quantitative estimate of drug-likeness (QED) is 0.0979. The Hall–Kier alpha value is -3.26. The van der Waals surface area contributed by atoms with E-state index in [1.807, 2.05) is 60.7 Å². The highest BCUT2D eigenvalue weighted by atomic mass is 79.9. The fourth-order valence-corrected chi connectivity index (χ4v) is 6.75. The fourth-order valence-electron chi connectivity index (χ4n) is 5.14. The maximum Gasteiger partial charge on any atom is 0.261 e. The van der Waals surface area contributed by atoms with Crippen LogP contribution in [0.4, 0.5) is 0 Å². The van der Waals surface area contributed by atoms with Crippen molar-refractivity contribution in [3.8, 4) is 5.75 Å². The van der Waals surface area contributed by atoms with Gasteiger partial charge in [-0.15, -0.1) is 0 Å². The summed E-state index contributed by atoms with van der Waals surface area (Å²) >= 11 is 7.39. The molecule has 0 unspecified atom stereocenters. The van der Waals surface area contributed by atoms with Gasteiger partial charge in [-0.2, -0.15) is 0 Å². The monoisotopic (exact) mass is 661 g/mol. The number of methoxy groups -OCH3 is 1. The molecule has 7 heteroatoms. The second kappa shape index (κ2) is 12.1. The van der Waals surface area contributed by atoms with Gasteiger partial charge in [-0.25, -0.2) is 0 Å². The average molecular weight is 663 g/mol. The zero-order chi connectivity index (χ0) is 28.2. The molecule has 204 valence electrons. The number of carbonyl (C=O) groups excluding carboxylic acids is 2. The van der Waals surface area contributed by atoms with Gasteiger partial charge >= 0.3 is 0 Å². The van der Waals surface area contributed by atoms with Crippen molar-refractivity contribution in [2.75, 3.05) is 30.9 Å². The average Bonchev–Trinajstić information content (AvgIpc) is 3.26. The largest absolute Gasteiger partial charge is 0.497 e. The summed E-state index contributed by atoms with van der Waals surface area (Å²) in [7, 11) is 1.65. The van der Waals surface area contributed by atoms with Crippen LogP contribution in [0.15, 0.2) is 109 Å². The van der Waals surface area contributed by atoms with Crippen LogP contribution in [0, 0.1) is 5.41 Å². The van der Waals surface area contributed by atoms with Crippen LogP contribution in [0.2, 0.25) is 0 Å². The van der Waals surface area contributed by atoms with Gasteiger partial charge in [-0.05, 0) is 41.0 Å². The van der Waals surface area contributed by atoms with Crippen LogP contribution < -0.4 is 4.74 Å². The van der Waals surface area contributed by atoms with E-state index in [1.54, 1.807) is 31.4 Å². The smallest absolute Gasteiger partial charge is 0.261 e. The van der Waals surface area contributed by atoms with Gasteiger partial charge in [-0.1, -0.05) is 117 Å². The Balaban J connectivity index is 1.57. The molecule has 5 rings (SSSR count). The molecule has 0 fully saturated rings. The number of fused-ring (bicyclic) bond motifs is 1. The van der Waals surface area contributed by atoms with Crippen LogP contribution >= 0.6 is 31.9 Å². The van der Waals surface area contributed by atoms with Crippen LogP contribution in [-0.4, -0.2) is 47.6 Å². The number of nitrogens with zero attached hydrogens (tertiary/aromatic N) is 1. The maximum atomic E-state index is 13.3. The van der Waals surface area contributed by atoms with Crippen LogP contribution in [0.3, 0.4) is 0 Å². The minimum Gasteiger partial charge on any atom is -0.497 e. The van der Waals surface area contributed by atoms with E-state index >= 15 is 0 Å². The second-order valence-electron chi connectivity index (χ2n) is 9.94. The van der Waals surface area contributed by atoms with E-state index in [2.05, 4.69) is 56.1 Å². The molecule has 0 atom stereocenters. The molecule has 4 aromatic carbocycles. The third-order valence-corrected chi connectivity index (χ3v) is 9.77. The Kier molecular flexibility index (Phi) is 8.54. The summed E-state index contributed by atoms with van der Waals surface area (Å²) in [6, 6.07) is 35.1. The first kappa shape index (κ1) is 28.3. The van der Waals surface area contributed by atoms with Crippen molar-refractivity contribution in [1.82, 2.24) is 4.90 Å². The summed E-state index contributed by atoms with van der Waals surface area (Å²) in [5, 5.41) is 1.00. The molecule has 1 heterocycles. The van der Waals surface area contributed by atoms with E-state index in [9.17, 15) is 9.59 Å². The number of halogens is 2. The molecular weight excluding hydrogens is 634 g/mol. The molecule has 2 amide bonds. The number of benzene rings is 4. The normalized spacial score (nSPS) is 13.4. The van der Waals surface area contributed by atoms with Crippen molar-refractivity contribution in [1.29, 1.82) is 0 Å². The lowest BCUT2D eigenvalue weighted by Crippen LogP contribution is -2.48. The highest BCUT2D eigenvalue weighted by Crippen LogP contribution is 2.43. The molecule has 0 spiro atoms. The number of ether oxygens (including phenoxy) is 2. The molecule has 1 aliphatic rings. The van der Waals surface area contributed by atoms with E-state index in [4.69, 9.17) is 9.47 Å². The molecular formula is C33H29Br2NO4. The second-order valence-corrected chi connectivity index (χ2v) is 11.1. The van der Waals surface area contributed by atoms with Crippen molar-refractivity contribution in [2.24, 2.45) is 5.41 Å². The van der Waals surface area contributed by atoms with Gasteiger partial charge in [0.25, 0.3) is 11.8 Å². The van der Waals surface area contributed by atoms with Crippen molar-refractivity contribution in [3.05, 3.63) is 137 Å². The van der Waals surface area contributed by atoms with Gasteiger partial charge in [0, 0.05) is 22.6 Å². The third kappa shape index (κ3) is 5.14. The zero-order valence-electron chi connectivity index (χ0n) is 22.1. The predicted molar refractivity (Wildman–Crippen MR) is 164 cm³/mol. The Morgan fingerprint density at radius 3 is 1.55 bits per heavy atom. The summed E-state index contributed by atoms with van der Waals surface area (Å²) in [5.41, 5.74) is 2.15. The molecule has 5 nitrogen and oxygen atoms in total. The minimum absolute atomic E-state index is 0.193. The molecule has 1 aliphatic heterocycles. The molecule has 0 saturated carbocycles. The number of rotatable bonds is 11. The lowest BCUT2D eigenvalue weighted by molar-refractivity contribution is -0.0325. The molecule has 0 bridgehead atoms. The van der Waals surface area contributed by atoms with Crippen LogP contribution in [0.5, 0.6) is 5.75 Å². The van der Waals surface area contributed by atoms with Gasteiger partial charge in [-0.3, -0.25) is 14.5 Å². The highest BCUT2D eigenvalue weighted by molar-refractivity contribution is 9.09. The van der Waals surface area contributed by atoms with E-state index in [0.29, 0.717) is 21.8 Å². The topological polar surface area (TPSA) is 55.8 Å². The Bertz CT molecular complexity index is 1400. The number of hydrogen-bond acceptors (Lipinski definition) is 4. The molecule has 0 radical (unpaired) electrons. The summed E-state index contributed by atoms with van der Waals surface area (Å²) in [6.07, 6.45) is 0. The number of carbonyl (C=O) groups is 2. The van der Waals surface area contributed by atoms with Crippen LogP contribution in [0.25, 0.3) is 0 Å². The van der Waals surface area contributed by atoms with Crippen molar-refractivity contribution in [3.63, 3.8) is 0 Å². The summed E-state index contributed by atoms with van der Waals surface area (Å²) < 4.78 is 12.6. The minimum atomic E-state index is -0.966. The summed E-state index contributed by atoms with van der Waals surface area (Å²) in [4.78, 5) is 27.9. The van der Waals surface area contributed by atoms with Crippen molar-refractivity contribution in [2.45, 2.75) is 5.60 Å². The van der Waals surface area contributed by atoms with Crippen molar-refractivity contribution < 1.29 is 19.1 Å². The lowest BCUT2D eigenvalue weighted by Gasteiger charge is -2.41. The summed E-state index contributed by atoms with van der Waals surface area (Å²) in [6.45, 7) is 0.435. The van der Waals surface area contributed by atoms with Gasteiger partial charge in [0.15, 0.2) is 0 Å². The molecule has 40 heavy (non-hydrogen) atoms. The van der Waals surface area contributed by atoms with E-state index in [1.165, 1.54) is 4.90 Å². The first-order valence-corrected chi connectivity index (χ1v) is 15.2. The predicted octanol–water partition coefficient (Wildman–Crippen LogP) is 7.08. The SMILES string of the molecule is COc1ccc(C(OCC(CBr)(CBr)CN2C(=O)c3ccccc3C2=O)(c2ccccc2)c2ccccc2)cc1. The fraction of sp³-hybridized carbons (Fsp3) is 0.212. The molecule has 0 aromatic heterocycles. The Morgan fingerprint density at radius 1 is 0.650 bits per heavy atom. The number of alkyl halides is 2. The van der Waals surface area contributed by atoms with Gasteiger partial charge in [0.05, 0.1) is 24.8 Å².